The van der Waals surface area contributed by atoms with Gasteiger partial charge in [0, 0.05) is 25.0 Å². The zero-order valence-corrected chi connectivity index (χ0v) is 13.9. The van der Waals surface area contributed by atoms with Crippen molar-refractivity contribution in [3.8, 4) is 0 Å². The molecule has 2 aromatic carbocycles. The molecule has 1 amide bonds. The summed E-state index contributed by atoms with van der Waals surface area (Å²) in [5.74, 6) is 0.0561. The molecule has 0 aromatic heterocycles. The van der Waals surface area contributed by atoms with Gasteiger partial charge in [0.25, 0.3) is 0 Å². The number of halogens is 1. The first kappa shape index (κ1) is 16.0. The van der Waals surface area contributed by atoms with Gasteiger partial charge in [-0.2, -0.15) is 0 Å². The molecule has 4 heteroatoms. The summed E-state index contributed by atoms with van der Waals surface area (Å²) in [6, 6.07) is 15.8. The van der Waals surface area contributed by atoms with Crippen LogP contribution in [-0.4, -0.2) is 30.5 Å². The Morgan fingerprint density at radius 1 is 1.17 bits per heavy atom. The first-order valence-corrected chi connectivity index (χ1v) is 8.17. The van der Waals surface area contributed by atoms with Crippen molar-refractivity contribution in [2.45, 2.75) is 25.6 Å². The van der Waals surface area contributed by atoms with E-state index in [0.29, 0.717) is 24.6 Å². The van der Waals surface area contributed by atoms with E-state index in [4.69, 9.17) is 16.3 Å². The zero-order chi connectivity index (χ0) is 16.2. The fraction of sp³-hybridized carbons (Fsp3) is 0.316. The molecule has 0 aliphatic carbocycles. The van der Waals surface area contributed by atoms with Crippen molar-refractivity contribution in [3.63, 3.8) is 0 Å². The van der Waals surface area contributed by atoms with E-state index < -0.39 is 0 Å². The molecule has 1 heterocycles. The summed E-state index contributed by atoms with van der Waals surface area (Å²) in [5, 5.41) is 0.636. The number of benzene rings is 2. The molecule has 0 spiro atoms. The van der Waals surface area contributed by atoms with Crippen LogP contribution in [0.3, 0.4) is 0 Å². The van der Waals surface area contributed by atoms with Gasteiger partial charge in [-0.15, -0.1) is 0 Å². The van der Waals surface area contributed by atoms with Crippen LogP contribution < -0.4 is 0 Å². The smallest absolute Gasteiger partial charge is 0.226 e. The van der Waals surface area contributed by atoms with Crippen LogP contribution >= 0.6 is 11.6 Å². The number of fused-ring (bicyclic) bond motifs is 1. The average molecular weight is 330 g/mol. The molecule has 0 radical (unpaired) electrons. The molecule has 1 unspecified atom stereocenters. The van der Waals surface area contributed by atoms with Gasteiger partial charge in [0.15, 0.2) is 0 Å². The van der Waals surface area contributed by atoms with Crippen LogP contribution in [0.1, 0.15) is 16.7 Å². The van der Waals surface area contributed by atoms with Crippen LogP contribution in [0.15, 0.2) is 48.5 Å². The third kappa shape index (κ3) is 3.92. The number of rotatable bonds is 4. The number of hydrogen-bond acceptors (Lipinski definition) is 2. The van der Waals surface area contributed by atoms with E-state index in [1.165, 1.54) is 11.1 Å². The average Bonchev–Trinajstić information content (AvgIpc) is 2.56. The SMILES string of the molecule is CN(CC1Cc2ccccc2CO1)C(=O)Cc1ccccc1Cl. The molecule has 1 aliphatic heterocycles. The van der Waals surface area contributed by atoms with E-state index in [-0.39, 0.29) is 12.0 Å². The quantitative estimate of drug-likeness (QED) is 0.859. The maximum atomic E-state index is 12.4. The first-order valence-electron chi connectivity index (χ1n) is 7.79. The Labute approximate surface area is 141 Å². The second-order valence-corrected chi connectivity index (χ2v) is 6.36. The van der Waals surface area contributed by atoms with Crippen molar-refractivity contribution < 1.29 is 9.53 Å². The van der Waals surface area contributed by atoms with Gasteiger partial charge in [-0.3, -0.25) is 4.79 Å². The number of hydrogen-bond donors (Lipinski definition) is 0. The Morgan fingerprint density at radius 2 is 1.87 bits per heavy atom. The van der Waals surface area contributed by atoms with E-state index in [1.807, 2.05) is 43.4 Å². The molecule has 23 heavy (non-hydrogen) atoms. The minimum Gasteiger partial charge on any atom is -0.371 e. The van der Waals surface area contributed by atoms with Gasteiger partial charge >= 0.3 is 0 Å². The van der Waals surface area contributed by atoms with Gasteiger partial charge in [-0.1, -0.05) is 54.1 Å². The predicted molar refractivity (Wildman–Crippen MR) is 91.5 cm³/mol. The zero-order valence-electron chi connectivity index (χ0n) is 13.2. The summed E-state index contributed by atoms with van der Waals surface area (Å²) >= 11 is 6.13. The lowest BCUT2D eigenvalue weighted by Gasteiger charge is -2.29. The van der Waals surface area contributed by atoms with Gasteiger partial charge in [0.1, 0.15) is 0 Å². The molecule has 0 saturated heterocycles. The van der Waals surface area contributed by atoms with E-state index in [2.05, 4.69) is 12.1 Å². The lowest BCUT2D eigenvalue weighted by Crippen LogP contribution is -2.38. The van der Waals surface area contributed by atoms with Crippen LogP contribution in [0.2, 0.25) is 5.02 Å². The number of amides is 1. The fourth-order valence-electron chi connectivity index (χ4n) is 2.87. The molecule has 1 atom stereocenters. The van der Waals surface area contributed by atoms with Crippen LogP contribution in [0.25, 0.3) is 0 Å². The second-order valence-electron chi connectivity index (χ2n) is 5.95. The van der Waals surface area contributed by atoms with Gasteiger partial charge in [0.2, 0.25) is 5.91 Å². The lowest BCUT2D eigenvalue weighted by molar-refractivity contribution is -0.131. The molecule has 2 aromatic rings. The van der Waals surface area contributed by atoms with Crippen LogP contribution in [-0.2, 0) is 29.0 Å². The maximum Gasteiger partial charge on any atom is 0.226 e. The molecule has 1 aliphatic rings. The van der Waals surface area contributed by atoms with Crippen molar-refractivity contribution in [3.05, 3.63) is 70.2 Å². The van der Waals surface area contributed by atoms with Crippen LogP contribution in [0.4, 0.5) is 0 Å². The van der Waals surface area contributed by atoms with Gasteiger partial charge < -0.3 is 9.64 Å². The highest BCUT2D eigenvalue weighted by molar-refractivity contribution is 6.31. The van der Waals surface area contributed by atoms with E-state index >= 15 is 0 Å². The first-order chi connectivity index (χ1) is 11.1. The summed E-state index contributed by atoms with van der Waals surface area (Å²) in [4.78, 5) is 14.1. The van der Waals surface area contributed by atoms with E-state index in [9.17, 15) is 4.79 Å². The Hall–Kier alpha value is -1.84. The van der Waals surface area contributed by atoms with Gasteiger partial charge in [0.05, 0.1) is 19.1 Å². The molecular weight excluding hydrogens is 310 g/mol. The van der Waals surface area contributed by atoms with Crippen molar-refractivity contribution >= 4 is 17.5 Å². The molecule has 0 N–H and O–H groups in total. The third-order valence-corrected chi connectivity index (χ3v) is 4.61. The van der Waals surface area contributed by atoms with E-state index in [1.54, 1.807) is 4.90 Å². The standard InChI is InChI=1S/C19H20ClNO2/c1-21(19(22)11-15-7-4-5-9-18(15)20)12-17-10-14-6-2-3-8-16(14)13-23-17/h2-9,17H,10-13H2,1H3. The number of ether oxygens (including phenoxy) is 1. The van der Waals surface area contributed by atoms with Crippen LogP contribution in [0.5, 0.6) is 0 Å². The summed E-state index contributed by atoms with van der Waals surface area (Å²) in [6.45, 7) is 1.21. The lowest BCUT2D eigenvalue weighted by atomic mass is 9.99. The summed E-state index contributed by atoms with van der Waals surface area (Å²) in [5.41, 5.74) is 3.42. The highest BCUT2D eigenvalue weighted by Crippen LogP contribution is 2.21. The Morgan fingerprint density at radius 3 is 2.65 bits per heavy atom. The number of carbonyl (C=O) groups is 1. The predicted octanol–water partition coefficient (Wildman–Crippen LogP) is 3.48. The molecule has 0 bridgehead atoms. The van der Waals surface area contributed by atoms with E-state index in [0.717, 1.165) is 12.0 Å². The molecule has 0 saturated carbocycles. The molecule has 3 rings (SSSR count). The summed E-state index contributed by atoms with van der Waals surface area (Å²) < 4.78 is 5.88. The Bertz CT molecular complexity index is 701. The number of likely N-dealkylation sites (N-methyl/N-ethyl adjacent to an activating group) is 1. The number of nitrogens with zero attached hydrogens (tertiary/aromatic N) is 1. The van der Waals surface area contributed by atoms with Crippen molar-refractivity contribution in [2.75, 3.05) is 13.6 Å². The summed E-state index contributed by atoms with van der Waals surface area (Å²) in [7, 11) is 1.82. The fourth-order valence-corrected chi connectivity index (χ4v) is 3.08. The van der Waals surface area contributed by atoms with Gasteiger partial charge in [-0.25, -0.2) is 0 Å². The Kier molecular flexibility index (Phi) is 4.99. The molecule has 3 nitrogen and oxygen atoms in total. The normalized spacial score (nSPS) is 16.7. The third-order valence-electron chi connectivity index (χ3n) is 4.24. The monoisotopic (exact) mass is 329 g/mol. The number of carbonyl (C=O) groups excluding carboxylic acids is 1. The minimum absolute atomic E-state index is 0.0464. The highest BCUT2D eigenvalue weighted by atomic mass is 35.5. The molecular formula is C19H20ClNO2. The second kappa shape index (κ2) is 7.16. The van der Waals surface area contributed by atoms with Crippen molar-refractivity contribution in [2.24, 2.45) is 0 Å². The largest absolute Gasteiger partial charge is 0.371 e. The topological polar surface area (TPSA) is 29.5 Å². The maximum absolute atomic E-state index is 12.4. The minimum atomic E-state index is 0.0464. The van der Waals surface area contributed by atoms with Crippen LogP contribution in [0, 0.1) is 0 Å². The Balaban J connectivity index is 1.58. The van der Waals surface area contributed by atoms with Crippen molar-refractivity contribution in [1.29, 1.82) is 0 Å². The van der Waals surface area contributed by atoms with Crippen molar-refractivity contribution in [1.82, 2.24) is 4.90 Å². The van der Waals surface area contributed by atoms with Gasteiger partial charge in [-0.05, 0) is 22.8 Å². The molecule has 120 valence electrons. The summed E-state index contributed by atoms with van der Waals surface area (Å²) in [6.07, 6.45) is 1.21. The highest BCUT2D eigenvalue weighted by Gasteiger charge is 2.22. The molecule has 0 fully saturated rings.